The van der Waals surface area contributed by atoms with Crippen molar-refractivity contribution < 1.29 is 14.3 Å². The fourth-order valence-electron chi connectivity index (χ4n) is 2.73. The molecule has 7 nitrogen and oxygen atoms in total. The SMILES string of the molecule is O=C(C1=COCCO1)N(CCCn1ccnc1)c1nc2ccc(Cl)cc2s1. The smallest absolute Gasteiger partial charge is 0.298 e. The molecule has 0 aliphatic carbocycles. The highest BCUT2D eigenvalue weighted by atomic mass is 35.5. The van der Waals surface area contributed by atoms with Crippen LogP contribution in [-0.4, -0.2) is 40.2 Å². The van der Waals surface area contributed by atoms with Crippen molar-refractivity contribution in [1.29, 1.82) is 0 Å². The van der Waals surface area contributed by atoms with Gasteiger partial charge in [0.05, 0.1) is 16.5 Å². The Morgan fingerprint density at radius 2 is 2.30 bits per heavy atom. The van der Waals surface area contributed by atoms with Gasteiger partial charge < -0.3 is 14.0 Å². The maximum atomic E-state index is 13.0. The molecule has 3 heterocycles. The summed E-state index contributed by atoms with van der Waals surface area (Å²) >= 11 is 7.50. The molecule has 0 saturated heterocycles. The van der Waals surface area contributed by atoms with E-state index in [1.807, 2.05) is 22.9 Å². The number of nitrogens with zero attached hydrogens (tertiary/aromatic N) is 4. The Morgan fingerprint density at radius 3 is 3.07 bits per heavy atom. The van der Waals surface area contributed by atoms with Crippen LogP contribution in [0.5, 0.6) is 0 Å². The Kier molecular flexibility index (Phi) is 5.26. The van der Waals surface area contributed by atoms with Gasteiger partial charge in [0.1, 0.15) is 19.5 Å². The summed E-state index contributed by atoms with van der Waals surface area (Å²) in [6.45, 7) is 2.04. The molecule has 4 rings (SSSR count). The van der Waals surface area contributed by atoms with Crippen LogP contribution in [0.2, 0.25) is 5.02 Å². The van der Waals surface area contributed by atoms with E-state index in [9.17, 15) is 4.79 Å². The topological polar surface area (TPSA) is 69.5 Å². The number of aryl methyl sites for hydroxylation is 1. The summed E-state index contributed by atoms with van der Waals surface area (Å²) in [5, 5.41) is 1.25. The van der Waals surface area contributed by atoms with Crippen molar-refractivity contribution in [3.8, 4) is 0 Å². The lowest BCUT2D eigenvalue weighted by atomic mass is 10.3. The molecule has 0 fully saturated rings. The number of rotatable bonds is 6. The molecule has 0 bridgehead atoms. The third-order valence-electron chi connectivity index (χ3n) is 4.03. The second-order valence-electron chi connectivity index (χ2n) is 5.92. The van der Waals surface area contributed by atoms with Crippen molar-refractivity contribution in [2.24, 2.45) is 0 Å². The van der Waals surface area contributed by atoms with E-state index in [1.165, 1.54) is 17.6 Å². The first-order chi connectivity index (χ1) is 13.2. The average molecular weight is 405 g/mol. The van der Waals surface area contributed by atoms with Gasteiger partial charge >= 0.3 is 0 Å². The Hall–Kier alpha value is -2.58. The van der Waals surface area contributed by atoms with Gasteiger partial charge in [-0.05, 0) is 24.6 Å². The van der Waals surface area contributed by atoms with E-state index in [0.717, 1.165) is 23.2 Å². The third-order valence-corrected chi connectivity index (χ3v) is 5.31. The molecule has 0 N–H and O–H groups in total. The minimum Gasteiger partial charge on any atom is -0.494 e. The van der Waals surface area contributed by atoms with Gasteiger partial charge in [-0.1, -0.05) is 22.9 Å². The van der Waals surface area contributed by atoms with E-state index in [-0.39, 0.29) is 11.7 Å². The number of imidazole rings is 1. The third kappa shape index (κ3) is 4.06. The highest BCUT2D eigenvalue weighted by Gasteiger charge is 2.26. The fraction of sp³-hybridized carbons (Fsp3) is 0.278. The van der Waals surface area contributed by atoms with Crippen LogP contribution in [-0.2, 0) is 20.8 Å². The monoisotopic (exact) mass is 404 g/mol. The van der Waals surface area contributed by atoms with Crippen LogP contribution in [0, 0.1) is 0 Å². The number of carbonyl (C=O) groups excluding carboxylic acids is 1. The standard InChI is InChI=1S/C18H17ClN4O3S/c19-13-2-3-14-16(10-13)27-18(21-14)23(6-1-5-22-7-4-20-12-22)17(24)15-11-25-8-9-26-15/h2-4,7,10-12H,1,5-6,8-9H2. The molecular formula is C18H17ClN4O3S. The van der Waals surface area contributed by atoms with Crippen molar-refractivity contribution in [2.45, 2.75) is 13.0 Å². The van der Waals surface area contributed by atoms with Crippen LogP contribution in [0.25, 0.3) is 10.2 Å². The predicted molar refractivity (Wildman–Crippen MR) is 104 cm³/mol. The minimum absolute atomic E-state index is 0.196. The van der Waals surface area contributed by atoms with Crippen molar-refractivity contribution in [3.05, 3.63) is 54.0 Å². The van der Waals surface area contributed by atoms with E-state index in [1.54, 1.807) is 23.5 Å². The summed E-state index contributed by atoms with van der Waals surface area (Å²) in [5.41, 5.74) is 0.807. The molecule has 0 saturated carbocycles. The van der Waals surface area contributed by atoms with Crippen LogP contribution in [0.3, 0.4) is 0 Å². The number of aromatic nitrogens is 3. The van der Waals surface area contributed by atoms with E-state index < -0.39 is 0 Å². The van der Waals surface area contributed by atoms with Crippen molar-refractivity contribution in [1.82, 2.24) is 14.5 Å². The summed E-state index contributed by atoms with van der Waals surface area (Å²) in [6.07, 6.45) is 7.50. The van der Waals surface area contributed by atoms with E-state index in [4.69, 9.17) is 21.1 Å². The number of benzene rings is 1. The predicted octanol–water partition coefficient (Wildman–Crippen LogP) is 3.46. The van der Waals surface area contributed by atoms with Crippen LogP contribution in [0.1, 0.15) is 6.42 Å². The van der Waals surface area contributed by atoms with Gasteiger partial charge in [0, 0.05) is 30.5 Å². The first-order valence-corrected chi connectivity index (χ1v) is 9.68. The van der Waals surface area contributed by atoms with Gasteiger partial charge in [-0.15, -0.1) is 0 Å². The first-order valence-electron chi connectivity index (χ1n) is 8.49. The molecule has 0 radical (unpaired) electrons. The maximum absolute atomic E-state index is 13.0. The molecule has 9 heteroatoms. The summed E-state index contributed by atoms with van der Waals surface area (Å²) in [7, 11) is 0. The average Bonchev–Trinajstić information content (AvgIpc) is 3.34. The number of thiazole rings is 1. The Morgan fingerprint density at radius 1 is 1.37 bits per heavy atom. The minimum atomic E-state index is -0.259. The maximum Gasteiger partial charge on any atom is 0.298 e. The van der Waals surface area contributed by atoms with E-state index >= 15 is 0 Å². The van der Waals surface area contributed by atoms with Crippen molar-refractivity contribution in [2.75, 3.05) is 24.7 Å². The molecule has 3 aromatic rings. The van der Waals surface area contributed by atoms with Gasteiger partial charge in [0.25, 0.3) is 5.91 Å². The normalized spacial score (nSPS) is 13.7. The van der Waals surface area contributed by atoms with Gasteiger partial charge in [-0.3, -0.25) is 9.69 Å². The quantitative estimate of drug-likeness (QED) is 0.629. The first kappa shape index (κ1) is 17.8. The number of ether oxygens (including phenoxy) is 2. The lowest BCUT2D eigenvalue weighted by molar-refractivity contribution is -0.119. The number of amides is 1. The Labute approximate surface area is 164 Å². The highest BCUT2D eigenvalue weighted by Crippen LogP contribution is 2.31. The number of halogens is 1. The van der Waals surface area contributed by atoms with Gasteiger partial charge in [-0.25, -0.2) is 9.97 Å². The highest BCUT2D eigenvalue weighted by molar-refractivity contribution is 7.22. The zero-order valence-electron chi connectivity index (χ0n) is 14.4. The van der Waals surface area contributed by atoms with Crippen molar-refractivity contribution >= 4 is 44.2 Å². The van der Waals surface area contributed by atoms with E-state index in [0.29, 0.717) is 29.9 Å². The molecule has 0 spiro atoms. The number of anilines is 1. The second kappa shape index (κ2) is 7.98. The van der Waals surface area contributed by atoms with Crippen molar-refractivity contribution in [3.63, 3.8) is 0 Å². The molecule has 0 atom stereocenters. The molecule has 0 unspecified atom stereocenters. The summed E-state index contributed by atoms with van der Waals surface area (Å²) in [4.78, 5) is 23.3. The lowest BCUT2D eigenvalue weighted by Crippen LogP contribution is -2.35. The molecule has 1 aliphatic rings. The Bertz CT molecular complexity index is 970. The molecule has 140 valence electrons. The fourth-order valence-corrected chi connectivity index (χ4v) is 4.00. The molecule has 2 aromatic heterocycles. The lowest BCUT2D eigenvalue weighted by Gasteiger charge is -2.23. The van der Waals surface area contributed by atoms with Gasteiger partial charge in [-0.2, -0.15) is 0 Å². The second-order valence-corrected chi connectivity index (χ2v) is 7.37. The largest absolute Gasteiger partial charge is 0.494 e. The number of carbonyl (C=O) groups is 1. The summed E-state index contributed by atoms with van der Waals surface area (Å²) in [6, 6.07) is 5.50. The van der Waals surface area contributed by atoms with Gasteiger partial charge in [0.15, 0.2) is 5.13 Å². The summed E-state index contributed by atoms with van der Waals surface area (Å²) < 4.78 is 13.6. The Balaban J connectivity index is 1.59. The summed E-state index contributed by atoms with van der Waals surface area (Å²) in [5.74, 6) is -0.0633. The molecular weight excluding hydrogens is 388 g/mol. The molecule has 1 aromatic carbocycles. The van der Waals surface area contributed by atoms with Crippen LogP contribution >= 0.6 is 22.9 Å². The molecule has 27 heavy (non-hydrogen) atoms. The number of hydrogen-bond donors (Lipinski definition) is 0. The van der Waals surface area contributed by atoms with Crippen LogP contribution < -0.4 is 4.90 Å². The molecule has 1 amide bonds. The number of fused-ring (bicyclic) bond motifs is 1. The van der Waals surface area contributed by atoms with Crippen LogP contribution in [0.4, 0.5) is 5.13 Å². The van der Waals surface area contributed by atoms with Crippen LogP contribution in [0.15, 0.2) is 48.9 Å². The van der Waals surface area contributed by atoms with E-state index in [2.05, 4.69) is 9.97 Å². The number of hydrogen-bond acceptors (Lipinski definition) is 6. The molecule has 1 aliphatic heterocycles. The zero-order valence-corrected chi connectivity index (χ0v) is 15.9. The zero-order chi connectivity index (χ0) is 18.6. The van der Waals surface area contributed by atoms with Gasteiger partial charge in [0.2, 0.25) is 5.76 Å².